The number of carbonyl (C=O) groups excluding carboxylic acids is 1. The molecular formula is C22H29N5O2. The zero-order chi connectivity index (χ0) is 20.0. The van der Waals surface area contributed by atoms with Crippen molar-refractivity contribution in [1.82, 2.24) is 19.4 Å². The molecule has 1 saturated carbocycles. The molecule has 0 N–H and O–H groups in total. The lowest BCUT2D eigenvalue weighted by Gasteiger charge is -2.42. The molecule has 2 aromatic rings. The smallest absolute Gasteiger partial charge is 0.261 e. The predicted molar refractivity (Wildman–Crippen MR) is 113 cm³/mol. The lowest BCUT2D eigenvalue weighted by Crippen LogP contribution is -2.57. The summed E-state index contributed by atoms with van der Waals surface area (Å²) in [6.45, 7) is 5.22. The van der Waals surface area contributed by atoms with E-state index in [1.165, 1.54) is 12.8 Å². The first-order valence-electron chi connectivity index (χ1n) is 10.8. The van der Waals surface area contributed by atoms with Crippen molar-refractivity contribution in [3.8, 4) is 0 Å². The number of piperazine rings is 1. The third kappa shape index (κ3) is 3.64. The predicted octanol–water partition coefficient (Wildman–Crippen LogP) is 1.55. The van der Waals surface area contributed by atoms with Gasteiger partial charge in [-0.1, -0.05) is 0 Å². The molecule has 7 heteroatoms. The standard InChI is InChI=1S/C22H29N5O2/c1-24-8-2-3-20(22(24)29)26-11-9-25(10-12-26)17-6-7-18-19(13-17)23-15-27(21(18)28)14-16-4-5-16/h6-7,13,15-16,20H,2-5,8-12,14H2,1H3. The quantitative estimate of drug-likeness (QED) is 0.786. The van der Waals surface area contributed by atoms with E-state index in [-0.39, 0.29) is 17.5 Å². The average molecular weight is 396 g/mol. The van der Waals surface area contributed by atoms with E-state index >= 15 is 0 Å². The fraction of sp³-hybridized carbons (Fsp3) is 0.591. The van der Waals surface area contributed by atoms with Crippen LogP contribution in [-0.2, 0) is 11.3 Å². The van der Waals surface area contributed by atoms with E-state index in [0.717, 1.165) is 63.3 Å². The van der Waals surface area contributed by atoms with Gasteiger partial charge in [0, 0.05) is 52.0 Å². The number of anilines is 1. The third-order valence-corrected chi connectivity index (χ3v) is 6.71. The first-order chi connectivity index (χ1) is 14.1. The average Bonchev–Trinajstić information content (AvgIpc) is 3.56. The molecular weight excluding hydrogens is 366 g/mol. The number of fused-ring (bicyclic) bond motifs is 1. The van der Waals surface area contributed by atoms with Crippen molar-refractivity contribution in [2.75, 3.05) is 44.7 Å². The maximum absolute atomic E-state index is 12.7. The molecule has 0 radical (unpaired) electrons. The van der Waals surface area contributed by atoms with Crippen molar-refractivity contribution in [2.45, 2.75) is 38.3 Å². The minimum Gasteiger partial charge on any atom is -0.369 e. The molecule has 1 aliphatic carbocycles. The molecule has 7 nitrogen and oxygen atoms in total. The first-order valence-corrected chi connectivity index (χ1v) is 10.8. The highest BCUT2D eigenvalue weighted by atomic mass is 16.2. The maximum atomic E-state index is 12.7. The number of aromatic nitrogens is 2. The van der Waals surface area contributed by atoms with Gasteiger partial charge in [0.25, 0.3) is 5.56 Å². The van der Waals surface area contributed by atoms with Crippen LogP contribution in [0.1, 0.15) is 25.7 Å². The van der Waals surface area contributed by atoms with Gasteiger partial charge in [0.2, 0.25) is 5.91 Å². The van der Waals surface area contributed by atoms with Gasteiger partial charge in [-0.25, -0.2) is 4.98 Å². The Balaban J connectivity index is 1.29. The Kier molecular flexibility index (Phi) is 4.78. The van der Waals surface area contributed by atoms with Gasteiger partial charge < -0.3 is 9.80 Å². The summed E-state index contributed by atoms with van der Waals surface area (Å²) >= 11 is 0. The summed E-state index contributed by atoms with van der Waals surface area (Å²) < 4.78 is 1.76. The van der Waals surface area contributed by atoms with E-state index in [1.54, 1.807) is 10.9 Å². The number of rotatable bonds is 4. The summed E-state index contributed by atoms with van der Waals surface area (Å²) in [4.78, 5) is 36.3. The molecule has 0 spiro atoms. The van der Waals surface area contributed by atoms with Gasteiger partial charge >= 0.3 is 0 Å². The maximum Gasteiger partial charge on any atom is 0.261 e. The molecule has 1 atom stereocenters. The Bertz CT molecular complexity index is 975. The molecule has 1 amide bonds. The number of amides is 1. The Morgan fingerprint density at radius 1 is 1.03 bits per heavy atom. The Labute approximate surface area is 170 Å². The molecule has 3 aliphatic rings. The van der Waals surface area contributed by atoms with Gasteiger partial charge in [0.05, 0.1) is 23.3 Å². The van der Waals surface area contributed by atoms with Crippen molar-refractivity contribution in [2.24, 2.45) is 5.92 Å². The van der Waals surface area contributed by atoms with Crippen molar-refractivity contribution < 1.29 is 4.79 Å². The number of benzene rings is 1. The largest absolute Gasteiger partial charge is 0.369 e. The summed E-state index contributed by atoms with van der Waals surface area (Å²) in [7, 11) is 1.91. The monoisotopic (exact) mass is 395 g/mol. The second-order valence-corrected chi connectivity index (χ2v) is 8.79. The Hall–Kier alpha value is -2.41. The first kappa shape index (κ1) is 18.6. The highest BCUT2D eigenvalue weighted by Gasteiger charge is 2.33. The fourth-order valence-electron chi connectivity index (χ4n) is 4.69. The number of carbonyl (C=O) groups is 1. The highest BCUT2D eigenvalue weighted by Crippen LogP contribution is 2.30. The lowest BCUT2D eigenvalue weighted by molar-refractivity contribution is -0.138. The summed E-state index contributed by atoms with van der Waals surface area (Å²) in [6, 6.07) is 6.05. The van der Waals surface area contributed by atoms with Gasteiger partial charge in [-0.2, -0.15) is 0 Å². The Morgan fingerprint density at radius 3 is 2.59 bits per heavy atom. The Morgan fingerprint density at radius 2 is 1.83 bits per heavy atom. The second kappa shape index (κ2) is 7.44. The molecule has 0 bridgehead atoms. The van der Waals surface area contributed by atoms with E-state index < -0.39 is 0 Å². The van der Waals surface area contributed by atoms with Crippen molar-refractivity contribution in [3.05, 3.63) is 34.9 Å². The van der Waals surface area contributed by atoms with Crippen LogP contribution in [0.15, 0.2) is 29.3 Å². The molecule has 29 heavy (non-hydrogen) atoms. The molecule has 3 heterocycles. The summed E-state index contributed by atoms with van der Waals surface area (Å²) in [5, 5.41) is 0.700. The van der Waals surface area contributed by atoms with Gasteiger partial charge in [0.1, 0.15) is 0 Å². The molecule has 2 aliphatic heterocycles. The molecule has 1 aromatic heterocycles. The van der Waals surface area contributed by atoms with E-state index in [1.807, 2.05) is 30.1 Å². The van der Waals surface area contributed by atoms with Crippen LogP contribution in [0.25, 0.3) is 10.9 Å². The highest BCUT2D eigenvalue weighted by molar-refractivity contribution is 5.83. The van der Waals surface area contributed by atoms with Gasteiger partial charge in [-0.15, -0.1) is 0 Å². The third-order valence-electron chi connectivity index (χ3n) is 6.71. The molecule has 154 valence electrons. The van der Waals surface area contributed by atoms with Crippen LogP contribution >= 0.6 is 0 Å². The molecule has 5 rings (SSSR count). The van der Waals surface area contributed by atoms with E-state index in [0.29, 0.717) is 11.3 Å². The van der Waals surface area contributed by atoms with Crippen LogP contribution < -0.4 is 10.5 Å². The molecule has 2 saturated heterocycles. The van der Waals surface area contributed by atoms with E-state index in [9.17, 15) is 9.59 Å². The number of likely N-dealkylation sites (N-methyl/N-ethyl adjacent to an activating group) is 1. The number of hydrogen-bond acceptors (Lipinski definition) is 5. The minimum atomic E-state index is 0.0408. The van der Waals surface area contributed by atoms with E-state index in [2.05, 4.69) is 14.8 Å². The van der Waals surface area contributed by atoms with Crippen LogP contribution in [0.5, 0.6) is 0 Å². The van der Waals surface area contributed by atoms with E-state index in [4.69, 9.17) is 0 Å². The minimum absolute atomic E-state index is 0.0408. The molecule has 3 fully saturated rings. The zero-order valence-electron chi connectivity index (χ0n) is 17.1. The van der Waals surface area contributed by atoms with Gasteiger partial charge in [-0.3, -0.25) is 19.1 Å². The fourth-order valence-corrected chi connectivity index (χ4v) is 4.69. The lowest BCUT2D eigenvalue weighted by atomic mass is 10.0. The zero-order valence-corrected chi connectivity index (χ0v) is 17.1. The van der Waals surface area contributed by atoms with Crippen LogP contribution in [0.4, 0.5) is 5.69 Å². The molecule has 1 unspecified atom stereocenters. The molecule has 1 aromatic carbocycles. The summed E-state index contributed by atoms with van der Waals surface area (Å²) in [6.07, 6.45) is 6.20. The number of nitrogens with zero attached hydrogens (tertiary/aromatic N) is 5. The SMILES string of the molecule is CN1CCCC(N2CCN(c3ccc4c(=O)n(CC5CC5)cnc4c3)CC2)C1=O. The summed E-state index contributed by atoms with van der Waals surface area (Å²) in [5.74, 6) is 0.917. The van der Waals surface area contributed by atoms with Gasteiger partial charge in [0.15, 0.2) is 0 Å². The number of hydrogen-bond donors (Lipinski definition) is 0. The van der Waals surface area contributed by atoms with Gasteiger partial charge in [-0.05, 0) is 49.8 Å². The van der Waals surface area contributed by atoms with Crippen molar-refractivity contribution >= 4 is 22.5 Å². The van der Waals surface area contributed by atoms with Crippen LogP contribution in [-0.4, -0.2) is 71.1 Å². The normalized spacial score (nSPS) is 23.8. The second-order valence-electron chi connectivity index (χ2n) is 8.79. The van der Waals surface area contributed by atoms with Crippen LogP contribution in [0, 0.1) is 5.92 Å². The number of likely N-dealkylation sites (tertiary alicyclic amines) is 1. The topological polar surface area (TPSA) is 61.7 Å². The number of piperidine rings is 1. The van der Waals surface area contributed by atoms with Crippen molar-refractivity contribution in [3.63, 3.8) is 0 Å². The van der Waals surface area contributed by atoms with Crippen molar-refractivity contribution in [1.29, 1.82) is 0 Å². The summed E-state index contributed by atoms with van der Waals surface area (Å²) in [5.41, 5.74) is 1.94. The van der Waals surface area contributed by atoms with Crippen LogP contribution in [0.2, 0.25) is 0 Å². The van der Waals surface area contributed by atoms with Crippen LogP contribution in [0.3, 0.4) is 0 Å².